The Kier molecular flexibility index (Phi) is 5.29. The Morgan fingerprint density at radius 2 is 2.15 bits per heavy atom. The topological polar surface area (TPSA) is 78.4 Å². The minimum absolute atomic E-state index is 0.0935. The van der Waals surface area contributed by atoms with Gasteiger partial charge in [0.1, 0.15) is 0 Å². The van der Waals surface area contributed by atoms with E-state index in [0.29, 0.717) is 24.8 Å². The summed E-state index contributed by atoms with van der Waals surface area (Å²) in [5, 5.41) is 20.0. The number of rotatable bonds is 6. The molecule has 6 nitrogen and oxygen atoms in total. The minimum atomic E-state index is -0.207. The van der Waals surface area contributed by atoms with E-state index in [1.54, 1.807) is 6.07 Å². The maximum atomic E-state index is 11.6. The molecule has 0 aliphatic heterocycles. The molecule has 0 radical (unpaired) electrons. The van der Waals surface area contributed by atoms with Gasteiger partial charge in [0.25, 0.3) is 5.91 Å². The average molecular weight is 278 g/mol. The van der Waals surface area contributed by atoms with E-state index in [9.17, 15) is 9.90 Å². The maximum absolute atomic E-state index is 11.6. The smallest absolute Gasteiger partial charge is 0.271 e. The van der Waals surface area contributed by atoms with E-state index >= 15 is 0 Å². The molecular formula is C14H22N4O2. The Bertz CT molecular complexity index is 429. The number of nitrogens with one attached hydrogen (secondary N) is 1. The first kappa shape index (κ1) is 14.7. The maximum Gasteiger partial charge on any atom is 0.271 e. The predicted octanol–water partition coefficient (Wildman–Crippen LogP) is 0.968. The van der Waals surface area contributed by atoms with Crippen LogP contribution in [-0.2, 0) is 0 Å². The average Bonchev–Trinajstić information content (AvgIpc) is 2.99. The van der Waals surface area contributed by atoms with Gasteiger partial charge in [-0.05, 0) is 31.9 Å². The molecule has 1 saturated carbocycles. The number of nitrogens with zero attached hydrogens (tertiary/aromatic N) is 3. The van der Waals surface area contributed by atoms with Gasteiger partial charge in [-0.25, -0.2) is 0 Å². The lowest BCUT2D eigenvalue weighted by molar-refractivity contribution is 0.0950. The van der Waals surface area contributed by atoms with E-state index in [4.69, 9.17) is 0 Å². The number of carbonyl (C=O) groups is 1. The number of carbonyl (C=O) groups excluding carboxylic acids is 1. The first-order valence-electron chi connectivity index (χ1n) is 7.25. The molecule has 0 spiro atoms. The fourth-order valence-corrected chi connectivity index (χ4v) is 2.66. The van der Waals surface area contributed by atoms with Crippen molar-refractivity contribution in [3.63, 3.8) is 0 Å². The van der Waals surface area contributed by atoms with Gasteiger partial charge in [0, 0.05) is 19.1 Å². The molecule has 2 rings (SSSR count). The third-order valence-electron chi connectivity index (χ3n) is 3.62. The highest BCUT2D eigenvalue weighted by atomic mass is 16.3. The van der Waals surface area contributed by atoms with Crippen molar-refractivity contribution in [3.05, 3.63) is 17.8 Å². The molecule has 20 heavy (non-hydrogen) atoms. The lowest BCUT2D eigenvalue weighted by Crippen LogP contribution is -2.36. The molecule has 1 aromatic rings. The van der Waals surface area contributed by atoms with Crippen LogP contribution in [0.15, 0.2) is 12.1 Å². The number of aliphatic hydroxyl groups excluding tert-OH is 1. The first-order valence-corrected chi connectivity index (χ1v) is 7.25. The van der Waals surface area contributed by atoms with E-state index in [0.717, 1.165) is 18.7 Å². The molecule has 6 heteroatoms. The summed E-state index contributed by atoms with van der Waals surface area (Å²) in [6.07, 6.45) is 4.69. The number of hydrogen-bond acceptors (Lipinski definition) is 5. The van der Waals surface area contributed by atoms with Gasteiger partial charge in [0.05, 0.1) is 6.61 Å². The molecule has 0 unspecified atom stereocenters. The monoisotopic (exact) mass is 278 g/mol. The van der Waals surface area contributed by atoms with E-state index in [1.165, 1.54) is 12.8 Å². The van der Waals surface area contributed by atoms with Crippen LogP contribution >= 0.6 is 0 Å². The molecule has 0 aromatic carbocycles. The number of aliphatic hydroxyl groups is 1. The highest BCUT2D eigenvalue weighted by molar-refractivity contribution is 5.92. The Morgan fingerprint density at radius 3 is 2.70 bits per heavy atom. The fraction of sp³-hybridized carbons (Fsp3) is 0.643. The quantitative estimate of drug-likeness (QED) is 0.810. The Balaban J connectivity index is 2.11. The molecule has 1 aliphatic rings. The summed E-state index contributed by atoms with van der Waals surface area (Å²) < 4.78 is 0. The molecule has 1 aromatic heterocycles. The van der Waals surface area contributed by atoms with Gasteiger partial charge < -0.3 is 15.3 Å². The number of aromatic nitrogens is 2. The van der Waals surface area contributed by atoms with Crippen LogP contribution in [0.2, 0.25) is 0 Å². The molecule has 110 valence electrons. The molecule has 1 fully saturated rings. The van der Waals surface area contributed by atoms with E-state index in [1.807, 2.05) is 13.0 Å². The van der Waals surface area contributed by atoms with Crippen molar-refractivity contribution in [1.82, 2.24) is 15.5 Å². The summed E-state index contributed by atoms with van der Waals surface area (Å²) in [5.41, 5.74) is 0.325. The number of anilines is 1. The van der Waals surface area contributed by atoms with Crippen molar-refractivity contribution in [1.29, 1.82) is 0 Å². The molecule has 0 saturated heterocycles. The van der Waals surface area contributed by atoms with Crippen LogP contribution in [0.5, 0.6) is 0 Å². The summed E-state index contributed by atoms with van der Waals surface area (Å²) in [6, 6.07) is 3.92. The van der Waals surface area contributed by atoms with Crippen molar-refractivity contribution in [2.45, 2.75) is 38.6 Å². The summed E-state index contributed by atoms with van der Waals surface area (Å²) >= 11 is 0. The molecule has 1 aliphatic carbocycles. The number of hydrogen-bond donors (Lipinski definition) is 2. The van der Waals surface area contributed by atoms with Crippen LogP contribution in [0.4, 0.5) is 5.82 Å². The largest absolute Gasteiger partial charge is 0.395 e. The van der Waals surface area contributed by atoms with Gasteiger partial charge in [-0.1, -0.05) is 12.8 Å². The van der Waals surface area contributed by atoms with Gasteiger partial charge in [-0.3, -0.25) is 4.79 Å². The van der Waals surface area contributed by atoms with E-state index in [-0.39, 0.29) is 12.5 Å². The third-order valence-corrected chi connectivity index (χ3v) is 3.62. The summed E-state index contributed by atoms with van der Waals surface area (Å²) in [7, 11) is 0. The van der Waals surface area contributed by atoms with Crippen LogP contribution in [0, 0.1) is 0 Å². The van der Waals surface area contributed by atoms with Gasteiger partial charge >= 0.3 is 0 Å². The Morgan fingerprint density at radius 1 is 1.40 bits per heavy atom. The highest BCUT2D eigenvalue weighted by Gasteiger charge is 2.23. The van der Waals surface area contributed by atoms with E-state index < -0.39 is 0 Å². The molecular weight excluding hydrogens is 256 g/mol. The van der Waals surface area contributed by atoms with Crippen molar-refractivity contribution < 1.29 is 9.90 Å². The van der Waals surface area contributed by atoms with Crippen LogP contribution in [0.1, 0.15) is 43.1 Å². The van der Waals surface area contributed by atoms with Crippen LogP contribution in [-0.4, -0.2) is 46.9 Å². The minimum Gasteiger partial charge on any atom is -0.395 e. The molecule has 0 bridgehead atoms. The zero-order valence-electron chi connectivity index (χ0n) is 11.9. The Hall–Kier alpha value is -1.69. The molecule has 1 heterocycles. The predicted molar refractivity (Wildman–Crippen MR) is 76.7 cm³/mol. The third kappa shape index (κ3) is 3.45. The van der Waals surface area contributed by atoms with Gasteiger partial charge in [0.2, 0.25) is 0 Å². The normalized spacial score (nSPS) is 15.3. The second-order valence-electron chi connectivity index (χ2n) is 4.99. The molecule has 0 atom stereocenters. The lowest BCUT2D eigenvalue weighted by Gasteiger charge is -2.28. The van der Waals surface area contributed by atoms with Gasteiger partial charge in [0.15, 0.2) is 11.5 Å². The summed E-state index contributed by atoms with van der Waals surface area (Å²) in [4.78, 5) is 13.7. The first-order chi connectivity index (χ1) is 9.76. The van der Waals surface area contributed by atoms with Crippen LogP contribution < -0.4 is 10.2 Å². The zero-order valence-corrected chi connectivity index (χ0v) is 11.9. The van der Waals surface area contributed by atoms with E-state index in [2.05, 4.69) is 20.4 Å². The second kappa shape index (κ2) is 7.19. The molecule has 2 N–H and O–H groups in total. The zero-order chi connectivity index (χ0) is 14.4. The van der Waals surface area contributed by atoms with Gasteiger partial charge in [-0.2, -0.15) is 0 Å². The Labute approximate surface area is 119 Å². The van der Waals surface area contributed by atoms with Crippen LogP contribution in [0.3, 0.4) is 0 Å². The van der Waals surface area contributed by atoms with Gasteiger partial charge in [-0.15, -0.1) is 10.2 Å². The summed E-state index contributed by atoms with van der Waals surface area (Å²) in [5.74, 6) is 0.528. The van der Waals surface area contributed by atoms with Crippen molar-refractivity contribution >= 4 is 11.7 Å². The fourth-order valence-electron chi connectivity index (χ4n) is 2.66. The highest BCUT2D eigenvalue weighted by Crippen LogP contribution is 2.26. The second-order valence-corrected chi connectivity index (χ2v) is 4.99. The standard InChI is InChI=1S/C14H22N4O2/c1-2-15-14(20)12-7-8-13(17-16-12)18(9-10-19)11-5-3-4-6-11/h7-8,11,19H,2-6,9-10H2,1H3,(H,15,20). The van der Waals surface area contributed by atoms with Crippen molar-refractivity contribution in [2.24, 2.45) is 0 Å². The SMILES string of the molecule is CCNC(=O)c1ccc(N(CCO)C2CCCC2)nn1. The van der Waals surface area contributed by atoms with Crippen molar-refractivity contribution in [2.75, 3.05) is 24.6 Å². The van der Waals surface area contributed by atoms with Crippen LogP contribution in [0.25, 0.3) is 0 Å². The lowest BCUT2D eigenvalue weighted by atomic mass is 10.2. The number of amides is 1. The summed E-state index contributed by atoms with van der Waals surface area (Å²) in [6.45, 7) is 3.08. The van der Waals surface area contributed by atoms with Crippen molar-refractivity contribution in [3.8, 4) is 0 Å². The molecule has 1 amide bonds.